The van der Waals surface area contributed by atoms with Crippen LogP contribution in [0.4, 0.5) is 0 Å². The van der Waals surface area contributed by atoms with E-state index in [1.165, 1.54) is 30.6 Å². The first-order valence-corrected chi connectivity index (χ1v) is 7.21. The SMILES string of the molecule is CC(C)N1CC2CC(C1)c1cc3nccnc3cc12. The molecule has 19 heavy (non-hydrogen) atoms. The molecule has 2 heterocycles. The fourth-order valence-corrected chi connectivity index (χ4v) is 3.76. The fourth-order valence-electron chi connectivity index (χ4n) is 3.76. The molecule has 0 spiro atoms. The van der Waals surface area contributed by atoms with E-state index >= 15 is 0 Å². The van der Waals surface area contributed by atoms with Crippen molar-refractivity contribution in [2.45, 2.75) is 38.1 Å². The van der Waals surface area contributed by atoms with Gasteiger partial charge in [-0.25, -0.2) is 0 Å². The summed E-state index contributed by atoms with van der Waals surface area (Å²) in [5.74, 6) is 1.39. The summed E-state index contributed by atoms with van der Waals surface area (Å²) < 4.78 is 0. The summed E-state index contributed by atoms with van der Waals surface area (Å²) in [4.78, 5) is 11.5. The van der Waals surface area contributed by atoms with Crippen LogP contribution < -0.4 is 0 Å². The van der Waals surface area contributed by atoms with Crippen LogP contribution in [0.5, 0.6) is 0 Å². The van der Waals surface area contributed by atoms with Crippen molar-refractivity contribution >= 4 is 11.0 Å². The maximum absolute atomic E-state index is 4.45. The van der Waals surface area contributed by atoms with Gasteiger partial charge in [0.2, 0.25) is 0 Å². The van der Waals surface area contributed by atoms with Gasteiger partial charge in [0.05, 0.1) is 11.0 Å². The minimum atomic E-state index is 0.644. The Hall–Kier alpha value is -1.48. The zero-order valence-electron chi connectivity index (χ0n) is 11.5. The topological polar surface area (TPSA) is 29.0 Å². The maximum atomic E-state index is 4.45. The molecule has 1 fully saturated rings. The van der Waals surface area contributed by atoms with Crippen LogP contribution in [0.25, 0.3) is 11.0 Å². The van der Waals surface area contributed by atoms with Gasteiger partial charge < -0.3 is 0 Å². The number of rotatable bonds is 1. The fraction of sp³-hybridized carbons (Fsp3) is 0.500. The summed E-state index contributed by atoms with van der Waals surface area (Å²) in [5, 5.41) is 0. The molecule has 1 aliphatic heterocycles. The summed E-state index contributed by atoms with van der Waals surface area (Å²) in [6.07, 6.45) is 4.89. The Morgan fingerprint density at radius 3 is 2.00 bits per heavy atom. The number of fused-ring (bicyclic) bond motifs is 6. The van der Waals surface area contributed by atoms with Gasteiger partial charge in [-0.05, 0) is 55.4 Å². The van der Waals surface area contributed by atoms with Crippen LogP contribution in [0, 0.1) is 0 Å². The molecule has 3 nitrogen and oxygen atoms in total. The first-order chi connectivity index (χ1) is 9.22. The zero-order chi connectivity index (χ0) is 13.0. The van der Waals surface area contributed by atoms with Crippen LogP contribution in [0.2, 0.25) is 0 Å². The van der Waals surface area contributed by atoms with Crippen LogP contribution in [0.3, 0.4) is 0 Å². The van der Waals surface area contributed by atoms with Crippen LogP contribution >= 0.6 is 0 Å². The first kappa shape index (κ1) is 11.4. The van der Waals surface area contributed by atoms with Gasteiger partial charge in [0.25, 0.3) is 0 Å². The molecule has 1 aromatic carbocycles. The largest absolute Gasteiger partial charge is 0.300 e. The van der Waals surface area contributed by atoms with Crippen molar-refractivity contribution in [3.63, 3.8) is 0 Å². The second-order valence-electron chi connectivity index (χ2n) is 6.20. The standard InChI is InChI=1S/C16H19N3/c1-10(2)19-8-11-5-12(9-19)14-7-16-15(6-13(11)14)17-3-4-18-16/h3-4,6-7,10-12H,5,8-9H2,1-2H3. The van der Waals surface area contributed by atoms with Crippen molar-refractivity contribution in [2.24, 2.45) is 0 Å². The van der Waals surface area contributed by atoms with Gasteiger partial charge in [-0.1, -0.05) is 0 Å². The number of hydrogen-bond acceptors (Lipinski definition) is 3. The van der Waals surface area contributed by atoms with Gasteiger partial charge in [-0.15, -0.1) is 0 Å². The molecule has 0 saturated carbocycles. The minimum absolute atomic E-state index is 0.644. The predicted molar refractivity (Wildman–Crippen MR) is 76.3 cm³/mol. The van der Waals surface area contributed by atoms with Crippen LogP contribution in [-0.4, -0.2) is 34.0 Å². The van der Waals surface area contributed by atoms with Crippen molar-refractivity contribution in [3.05, 3.63) is 35.7 Å². The Bertz CT molecular complexity index is 584. The number of hydrogen-bond donors (Lipinski definition) is 0. The van der Waals surface area contributed by atoms with E-state index in [0.717, 1.165) is 11.0 Å². The van der Waals surface area contributed by atoms with Gasteiger partial charge in [0.1, 0.15) is 0 Å². The summed E-state index contributed by atoms with van der Waals surface area (Å²) in [5.41, 5.74) is 5.15. The maximum Gasteiger partial charge on any atom is 0.0889 e. The number of nitrogens with zero attached hydrogens (tertiary/aromatic N) is 3. The summed E-state index contributed by atoms with van der Waals surface area (Å²) in [6, 6.07) is 5.21. The van der Waals surface area contributed by atoms with E-state index in [1.807, 2.05) is 0 Å². The lowest BCUT2D eigenvalue weighted by Gasteiger charge is -2.34. The number of piperidine rings is 1. The molecule has 1 aromatic heterocycles. The van der Waals surface area contributed by atoms with E-state index in [-0.39, 0.29) is 0 Å². The predicted octanol–water partition coefficient (Wildman–Crippen LogP) is 2.92. The van der Waals surface area contributed by atoms with Gasteiger partial charge >= 0.3 is 0 Å². The smallest absolute Gasteiger partial charge is 0.0889 e. The summed E-state index contributed by atoms with van der Waals surface area (Å²) >= 11 is 0. The average molecular weight is 253 g/mol. The third kappa shape index (κ3) is 1.68. The Balaban J connectivity index is 1.83. The Morgan fingerprint density at radius 2 is 1.53 bits per heavy atom. The molecule has 0 amide bonds. The molecule has 3 heteroatoms. The molecule has 2 atom stereocenters. The lowest BCUT2D eigenvalue weighted by molar-refractivity contribution is 0.163. The van der Waals surface area contributed by atoms with Gasteiger partial charge in [0.15, 0.2) is 0 Å². The van der Waals surface area contributed by atoms with Crippen molar-refractivity contribution in [1.29, 1.82) is 0 Å². The lowest BCUT2D eigenvalue weighted by Crippen LogP contribution is -2.39. The second-order valence-corrected chi connectivity index (χ2v) is 6.20. The highest BCUT2D eigenvalue weighted by molar-refractivity contribution is 5.77. The normalized spacial score (nSPS) is 26.1. The minimum Gasteiger partial charge on any atom is -0.300 e. The van der Waals surface area contributed by atoms with E-state index in [0.29, 0.717) is 17.9 Å². The molecule has 0 radical (unpaired) electrons. The second kappa shape index (κ2) is 4.01. The first-order valence-electron chi connectivity index (χ1n) is 7.21. The molecule has 2 aliphatic rings. The molecule has 2 aromatic rings. The van der Waals surface area contributed by atoms with Gasteiger partial charge in [0, 0.05) is 31.5 Å². The molecule has 1 saturated heterocycles. The Labute approximate surface area is 113 Å². The highest BCUT2D eigenvalue weighted by Crippen LogP contribution is 2.47. The average Bonchev–Trinajstić information content (AvgIpc) is 2.67. The third-order valence-corrected chi connectivity index (χ3v) is 4.76. The molecular weight excluding hydrogens is 234 g/mol. The highest BCUT2D eigenvalue weighted by Gasteiger charge is 2.38. The van der Waals surface area contributed by atoms with Gasteiger partial charge in [-0.3, -0.25) is 14.9 Å². The van der Waals surface area contributed by atoms with E-state index in [1.54, 1.807) is 12.4 Å². The Morgan fingerprint density at radius 1 is 1.00 bits per heavy atom. The molecule has 2 unspecified atom stereocenters. The summed E-state index contributed by atoms with van der Waals surface area (Å²) in [7, 11) is 0. The van der Waals surface area contributed by atoms with E-state index in [9.17, 15) is 0 Å². The quantitative estimate of drug-likeness (QED) is 0.782. The molecule has 1 aliphatic carbocycles. The molecule has 2 bridgehead atoms. The molecular formula is C16H19N3. The number of likely N-dealkylation sites (tertiary alicyclic amines) is 1. The summed E-state index contributed by atoms with van der Waals surface area (Å²) in [6.45, 7) is 7.00. The zero-order valence-corrected chi connectivity index (χ0v) is 11.5. The molecule has 98 valence electrons. The van der Waals surface area contributed by atoms with Crippen LogP contribution in [0.1, 0.15) is 43.2 Å². The third-order valence-electron chi connectivity index (χ3n) is 4.76. The van der Waals surface area contributed by atoms with E-state index < -0.39 is 0 Å². The van der Waals surface area contributed by atoms with E-state index in [2.05, 4.69) is 40.8 Å². The van der Waals surface area contributed by atoms with Crippen LogP contribution in [0.15, 0.2) is 24.5 Å². The van der Waals surface area contributed by atoms with Crippen molar-refractivity contribution in [1.82, 2.24) is 14.9 Å². The molecule has 0 N–H and O–H groups in total. The van der Waals surface area contributed by atoms with Crippen LogP contribution in [-0.2, 0) is 0 Å². The monoisotopic (exact) mass is 253 g/mol. The van der Waals surface area contributed by atoms with E-state index in [4.69, 9.17) is 0 Å². The lowest BCUT2D eigenvalue weighted by atomic mass is 9.95. The van der Waals surface area contributed by atoms with Gasteiger partial charge in [-0.2, -0.15) is 0 Å². The Kier molecular flexibility index (Phi) is 2.39. The molecule has 4 rings (SSSR count). The number of benzene rings is 1. The van der Waals surface area contributed by atoms with Crippen molar-refractivity contribution < 1.29 is 0 Å². The van der Waals surface area contributed by atoms with Crippen molar-refractivity contribution in [3.8, 4) is 0 Å². The highest BCUT2D eigenvalue weighted by atomic mass is 15.2. The van der Waals surface area contributed by atoms with Crippen molar-refractivity contribution in [2.75, 3.05) is 13.1 Å². The number of aromatic nitrogens is 2.